The first-order valence-corrected chi connectivity index (χ1v) is 11.2. The number of rotatable bonds is 7. The predicted molar refractivity (Wildman–Crippen MR) is 132 cm³/mol. The number of hydrogen-bond donors (Lipinski definition) is 1. The minimum Gasteiger partial charge on any atom is -0.494 e. The van der Waals surface area contributed by atoms with Crippen LogP contribution in [0.4, 0.5) is 11.4 Å². The summed E-state index contributed by atoms with van der Waals surface area (Å²) in [6.45, 7) is 8.62. The fourth-order valence-corrected chi connectivity index (χ4v) is 3.84. The highest BCUT2D eigenvalue weighted by Crippen LogP contribution is 2.35. The molecule has 1 N–H and O–H groups in total. The van der Waals surface area contributed by atoms with Gasteiger partial charge in [-0.1, -0.05) is 43.3 Å². The van der Waals surface area contributed by atoms with Crippen molar-refractivity contribution in [3.05, 3.63) is 94.7 Å². The molecular weight excluding hydrogens is 412 g/mol. The highest BCUT2D eigenvalue weighted by Gasteiger charge is 2.40. The van der Waals surface area contributed by atoms with E-state index < -0.39 is 0 Å². The van der Waals surface area contributed by atoms with Crippen LogP contribution in [0.2, 0.25) is 0 Å². The highest BCUT2D eigenvalue weighted by molar-refractivity contribution is 6.46. The number of amides is 2. The van der Waals surface area contributed by atoms with Crippen molar-refractivity contribution in [3.63, 3.8) is 0 Å². The van der Waals surface area contributed by atoms with Crippen molar-refractivity contribution in [1.29, 1.82) is 0 Å². The summed E-state index contributed by atoms with van der Waals surface area (Å²) in [6.07, 6.45) is 0.901. The first kappa shape index (κ1) is 22.3. The van der Waals surface area contributed by atoms with E-state index in [4.69, 9.17) is 4.74 Å². The minimum atomic E-state index is -0.376. The number of nitrogens with zero attached hydrogens (tertiary/aromatic N) is 1. The van der Waals surface area contributed by atoms with Crippen molar-refractivity contribution in [2.24, 2.45) is 0 Å². The molecule has 0 saturated heterocycles. The quantitative estimate of drug-likeness (QED) is 0.472. The topological polar surface area (TPSA) is 58.6 Å². The molecule has 168 valence electrons. The van der Waals surface area contributed by atoms with E-state index in [1.54, 1.807) is 6.07 Å². The Labute approximate surface area is 194 Å². The Kier molecular flexibility index (Phi) is 6.31. The Balaban J connectivity index is 1.79. The second-order valence-corrected chi connectivity index (χ2v) is 8.34. The summed E-state index contributed by atoms with van der Waals surface area (Å²) in [7, 11) is 0. The van der Waals surface area contributed by atoms with E-state index in [0.29, 0.717) is 34.9 Å². The zero-order chi connectivity index (χ0) is 23.5. The zero-order valence-corrected chi connectivity index (χ0v) is 19.4. The maximum atomic E-state index is 13.6. The molecule has 0 fully saturated rings. The molecule has 0 spiro atoms. The molecule has 0 bridgehead atoms. The Hall–Kier alpha value is -3.86. The lowest BCUT2D eigenvalue weighted by Gasteiger charge is -2.16. The van der Waals surface area contributed by atoms with Gasteiger partial charge in [-0.05, 0) is 73.7 Å². The van der Waals surface area contributed by atoms with Crippen molar-refractivity contribution in [3.8, 4) is 5.75 Å². The van der Waals surface area contributed by atoms with E-state index in [-0.39, 0.29) is 17.5 Å². The second-order valence-electron chi connectivity index (χ2n) is 8.34. The second kappa shape index (κ2) is 9.33. The summed E-state index contributed by atoms with van der Waals surface area (Å²) in [5, 5.41) is 3.22. The van der Waals surface area contributed by atoms with Gasteiger partial charge in [-0.2, -0.15) is 0 Å². The number of ether oxygens (including phenoxy) is 1. The highest BCUT2D eigenvalue weighted by atomic mass is 16.5. The van der Waals surface area contributed by atoms with Crippen molar-refractivity contribution in [2.45, 2.75) is 34.1 Å². The monoisotopic (exact) mass is 440 g/mol. The number of nitrogens with one attached hydrogen (secondary N) is 1. The van der Waals surface area contributed by atoms with Gasteiger partial charge in [0.05, 0.1) is 17.9 Å². The van der Waals surface area contributed by atoms with Gasteiger partial charge in [-0.15, -0.1) is 0 Å². The molecular formula is C28H28N2O3. The third-order valence-electron chi connectivity index (χ3n) is 5.72. The molecule has 1 heterocycles. The Morgan fingerprint density at radius 1 is 0.848 bits per heavy atom. The van der Waals surface area contributed by atoms with Crippen LogP contribution in [0.15, 0.2) is 72.4 Å². The van der Waals surface area contributed by atoms with Gasteiger partial charge in [0.2, 0.25) is 0 Å². The van der Waals surface area contributed by atoms with Gasteiger partial charge in [-0.3, -0.25) is 9.59 Å². The molecule has 0 atom stereocenters. The first-order valence-electron chi connectivity index (χ1n) is 11.2. The summed E-state index contributed by atoms with van der Waals surface area (Å²) in [5.41, 5.74) is 5.75. The Morgan fingerprint density at radius 3 is 2.36 bits per heavy atom. The fourth-order valence-electron chi connectivity index (χ4n) is 3.84. The van der Waals surface area contributed by atoms with Crippen molar-refractivity contribution >= 4 is 28.8 Å². The van der Waals surface area contributed by atoms with Gasteiger partial charge >= 0.3 is 0 Å². The maximum Gasteiger partial charge on any atom is 0.282 e. The SMILES string of the molecule is CCCOc1cccc(NC2=C(c3ccc(C)c(C)c3)C(=O)N(c3cccc(C)c3)C2=O)c1. The molecule has 5 heteroatoms. The van der Waals surface area contributed by atoms with Crippen LogP contribution in [0.3, 0.4) is 0 Å². The van der Waals surface area contributed by atoms with E-state index in [2.05, 4.69) is 5.32 Å². The number of carbonyl (C=O) groups is 2. The Bertz CT molecular complexity index is 1260. The van der Waals surface area contributed by atoms with Crippen molar-refractivity contribution in [2.75, 3.05) is 16.8 Å². The smallest absolute Gasteiger partial charge is 0.282 e. The van der Waals surface area contributed by atoms with Crippen LogP contribution < -0.4 is 15.0 Å². The van der Waals surface area contributed by atoms with E-state index in [0.717, 1.165) is 23.1 Å². The summed E-state index contributed by atoms with van der Waals surface area (Å²) >= 11 is 0. The average Bonchev–Trinajstić information content (AvgIpc) is 3.04. The first-order chi connectivity index (χ1) is 15.9. The average molecular weight is 441 g/mol. The number of hydrogen-bond acceptors (Lipinski definition) is 4. The number of benzene rings is 3. The van der Waals surface area contributed by atoms with E-state index >= 15 is 0 Å². The molecule has 0 aromatic heterocycles. The normalized spacial score (nSPS) is 13.6. The standard InChI is InChI=1S/C28H28N2O3/c1-5-14-33-24-11-7-9-22(17-24)29-26-25(21-13-12-19(3)20(4)16-21)27(31)30(28(26)32)23-10-6-8-18(2)15-23/h6-13,15-17,29H,5,14H2,1-4H3. The molecule has 0 aliphatic carbocycles. The third kappa shape index (κ3) is 4.53. The van der Waals surface area contributed by atoms with E-state index in [1.807, 2.05) is 88.4 Å². The minimum absolute atomic E-state index is 0.261. The number of anilines is 2. The van der Waals surface area contributed by atoms with Crippen LogP contribution in [0.5, 0.6) is 5.75 Å². The van der Waals surface area contributed by atoms with Gasteiger partial charge in [0.25, 0.3) is 11.8 Å². The largest absolute Gasteiger partial charge is 0.494 e. The molecule has 0 radical (unpaired) electrons. The van der Waals surface area contributed by atoms with Crippen LogP contribution >= 0.6 is 0 Å². The lowest BCUT2D eigenvalue weighted by molar-refractivity contribution is -0.120. The molecule has 33 heavy (non-hydrogen) atoms. The molecule has 2 amide bonds. The lowest BCUT2D eigenvalue weighted by atomic mass is 9.99. The predicted octanol–water partition coefficient (Wildman–Crippen LogP) is 5.80. The third-order valence-corrected chi connectivity index (χ3v) is 5.72. The van der Waals surface area contributed by atoms with Crippen LogP contribution in [0.25, 0.3) is 5.57 Å². The van der Waals surface area contributed by atoms with Gasteiger partial charge in [0.1, 0.15) is 11.4 Å². The molecule has 3 aromatic rings. The van der Waals surface area contributed by atoms with E-state index in [1.165, 1.54) is 4.90 Å². The van der Waals surface area contributed by atoms with Gasteiger partial charge in [-0.25, -0.2) is 4.90 Å². The number of aryl methyl sites for hydroxylation is 3. The van der Waals surface area contributed by atoms with Crippen LogP contribution in [-0.2, 0) is 9.59 Å². The summed E-state index contributed by atoms with van der Waals surface area (Å²) in [6, 6.07) is 20.7. The van der Waals surface area contributed by atoms with Crippen LogP contribution in [0.1, 0.15) is 35.6 Å². The summed E-state index contributed by atoms with van der Waals surface area (Å²) in [5.74, 6) is -0.00376. The molecule has 1 aliphatic heterocycles. The molecule has 5 nitrogen and oxygen atoms in total. The number of carbonyl (C=O) groups excluding carboxylic acids is 2. The Morgan fingerprint density at radius 2 is 1.64 bits per heavy atom. The fraction of sp³-hybridized carbons (Fsp3) is 0.214. The molecule has 1 aliphatic rings. The molecule has 0 saturated carbocycles. The molecule has 4 rings (SSSR count). The van der Waals surface area contributed by atoms with Crippen LogP contribution in [0, 0.1) is 20.8 Å². The van der Waals surface area contributed by atoms with Gasteiger partial charge in [0, 0.05) is 11.8 Å². The zero-order valence-electron chi connectivity index (χ0n) is 19.4. The van der Waals surface area contributed by atoms with Gasteiger partial charge < -0.3 is 10.1 Å². The van der Waals surface area contributed by atoms with E-state index in [9.17, 15) is 9.59 Å². The maximum absolute atomic E-state index is 13.6. The van der Waals surface area contributed by atoms with Gasteiger partial charge in [0.15, 0.2) is 0 Å². The van der Waals surface area contributed by atoms with Crippen molar-refractivity contribution in [1.82, 2.24) is 0 Å². The molecule has 3 aromatic carbocycles. The lowest BCUT2D eigenvalue weighted by Crippen LogP contribution is -2.32. The van der Waals surface area contributed by atoms with Crippen molar-refractivity contribution < 1.29 is 14.3 Å². The molecule has 0 unspecified atom stereocenters. The number of imide groups is 1. The summed E-state index contributed by atoms with van der Waals surface area (Å²) in [4.78, 5) is 28.4. The van der Waals surface area contributed by atoms with Crippen LogP contribution in [-0.4, -0.2) is 18.4 Å². The summed E-state index contributed by atoms with van der Waals surface area (Å²) < 4.78 is 5.73.